The van der Waals surface area contributed by atoms with Gasteiger partial charge in [0.25, 0.3) is 11.5 Å². The van der Waals surface area contributed by atoms with Gasteiger partial charge in [0.1, 0.15) is 15.8 Å². The monoisotopic (exact) mass is 484 g/mol. The molecule has 7 nitrogen and oxygen atoms in total. The predicted octanol–water partition coefficient (Wildman–Crippen LogP) is 3.56. The fourth-order valence-corrected chi connectivity index (χ4v) is 6.33. The molecule has 0 N–H and O–H groups in total. The Morgan fingerprint density at radius 3 is 2.76 bits per heavy atom. The third-order valence-corrected chi connectivity index (χ3v) is 7.85. The topological polar surface area (TPSA) is 67.2 Å². The van der Waals surface area contributed by atoms with Crippen LogP contribution < -0.4 is 10.5 Å². The van der Waals surface area contributed by atoms with E-state index in [0.29, 0.717) is 44.6 Å². The Morgan fingerprint density at radius 2 is 2.03 bits per heavy atom. The Morgan fingerprint density at radius 1 is 1.24 bits per heavy atom. The van der Waals surface area contributed by atoms with Crippen LogP contribution >= 0.6 is 24.0 Å². The number of hydrogen-bond donors (Lipinski definition) is 0. The van der Waals surface area contributed by atoms with Gasteiger partial charge in [0.2, 0.25) is 0 Å². The third kappa shape index (κ3) is 4.46. The molecule has 0 aliphatic carbocycles. The highest BCUT2D eigenvalue weighted by Gasteiger charge is 2.35. The summed E-state index contributed by atoms with van der Waals surface area (Å²) in [4.78, 5) is 35.9. The van der Waals surface area contributed by atoms with Gasteiger partial charge in [0, 0.05) is 25.9 Å². The number of thioether (sulfide) groups is 1. The number of pyridine rings is 1. The van der Waals surface area contributed by atoms with E-state index < -0.39 is 0 Å². The van der Waals surface area contributed by atoms with Crippen molar-refractivity contribution in [2.24, 2.45) is 11.8 Å². The van der Waals surface area contributed by atoms with Gasteiger partial charge in [-0.1, -0.05) is 43.9 Å². The van der Waals surface area contributed by atoms with Gasteiger partial charge in [0.05, 0.1) is 23.1 Å². The summed E-state index contributed by atoms with van der Waals surface area (Å²) < 4.78 is 7.75. The standard InChI is InChI=1S/C24H28N4O3S2/c1-15-10-16(2)13-26(12-15)21-18(22(29)27-8-4-3-7-20(27)25-21)11-19-23(30)28(24(32)33-19)14-17-6-5-9-31-17/h3-4,7-8,11,15-17H,5-6,9-10,12-14H2,1-2H3/b19-11+/t15-,16-,17+/m1/s1. The summed E-state index contributed by atoms with van der Waals surface area (Å²) in [6.07, 6.45) is 6.53. The number of nitrogens with zero attached hydrogens (tertiary/aromatic N) is 4. The minimum Gasteiger partial charge on any atom is -0.376 e. The van der Waals surface area contributed by atoms with Crippen molar-refractivity contribution in [1.29, 1.82) is 0 Å². The van der Waals surface area contributed by atoms with Crippen molar-refractivity contribution < 1.29 is 9.53 Å². The average Bonchev–Trinajstić information content (AvgIpc) is 3.39. The molecule has 0 aromatic carbocycles. The van der Waals surface area contributed by atoms with Crippen molar-refractivity contribution in [2.75, 3.05) is 31.1 Å². The maximum Gasteiger partial charge on any atom is 0.267 e. The van der Waals surface area contributed by atoms with E-state index in [-0.39, 0.29) is 17.6 Å². The summed E-state index contributed by atoms with van der Waals surface area (Å²) in [5.74, 6) is 1.49. The largest absolute Gasteiger partial charge is 0.376 e. The van der Waals surface area contributed by atoms with Crippen LogP contribution in [0.3, 0.4) is 0 Å². The molecular formula is C24H28N4O3S2. The summed E-state index contributed by atoms with van der Waals surface area (Å²) in [6, 6.07) is 5.53. The van der Waals surface area contributed by atoms with E-state index in [0.717, 1.165) is 39.0 Å². The van der Waals surface area contributed by atoms with Crippen molar-refractivity contribution in [1.82, 2.24) is 14.3 Å². The van der Waals surface area contributed by atoms with E-state index in [1.54, 1.807) is 21.6 Å². The van der Waals surface area contributed by atoms with Crippen LogP contribution in [0.4, 0.5) is 5.82 Å². The lowest BCUT2D eigenvalue weighted by Gasteiger charge is -2.36. The Labute approximate surface area is 202 Å². The van der Waals surface area contributed by atoms with Crippen molar-refractivity contribution in [3.63, 3.8) is 0 Å². The molecule has 3 aliphatic rings. The van der Waals surface area contributed by atoms with Gasteiger partial charge in [0.15, 0.2) is 0 Å². The first kappa shape index (κ1) is 22.6. The minimum atomic E-state index is -0.175. The first-order chi connectivity index (χ1) is 15.9. The second-order valence-corrected chi connectivity index (χ2v) is 11.0. The van der Waals surface area contributed by atoms with Gasteiger partial charge in [-0.2, -0.15) is 0 Å². The van der Waals surface area contributed by atoms with Crippen LogP contribution in [0.25, 0.3) is 11.7 Å². The summed E-state index contributed by atoms with van der Waals surface area (Å²) >= 11 is 6.76. The number of hydrogen-bond acceptors (Lipinski definition) is 7. The Hall–Kier alpha value is -2.23. The van der Waals surface area contributed by atoms with Crippen LogP contribution in [-0.2, 0) is 9.53 Å². The van der Waals surface area contributed by atoms with Crippen LogP contribution in [-0.4, -0.2) is 56.9 Å². The predicted molar refractivity (Wildman–Crippen MR) is 135 cm³/mol. The van der Waals surface area contributed by atoms with Crippen LogP contribution in [0, 0.1) is 11.8 Å². The highest BCUT2D eigenvalue weighted by Crippen LogP contribution is 2.35. The summed E-state index contributed by atoms with van der Waals surface area (Å²) in [5.41, 5.74) is 0.870. The van der Waals surface area contributed by atoms with Gasteiger partial charge in [-0.3, -0.25) is 18.9 Å². The lowest BCUT2D eigenvalue weighted by atomic mass is 9.91. The van der Waals surface area contributed by atoms with E-state index in [9.17, 15) is 9.59 Å². The molecule has 0 bridgehead atoms. The number of aromatic nitrogens is 2. The smallest absolute Gasteiger partial charge is 0.267 e. The highest BCUT2D eigenvalue weighted by atomic mass is 32.2. The molecule has 2 aromatic heterocycles. The number of carbonyl (C=O) groups excluding carboxylic acids is 1. The second kappa shape index (κ2) is 9.19. The second-order valence-electron chi connectivity index (χ2n) is 9.36. The van der Waals surface area contributed by atoms with Gasteiger partial charge in [-0.05, 0) is 49.3 Å². The molecule has 5 rings (SSSR count). The maximum absolute atomic E-state index is 13.6. The van der Waals surface area contributed by atoms with Gasteiger partial charge in [-0.15, -0.1) is 0 Å². The number of piperidine rings is 1. The Kier molecular flexibility index (Phi) is 6.28. The fourth-order valence-electron chi connectivity index (χ4n) is 5.07. The zero-order valence-electron chi connectivity index (χ0n) is 18.9. The molecule has 3 atom stereocenters. The van der Waals surface area contributed by atoms with E-state index in [1.165, 1.54) is 11.8 Å². The average molecular weight is 485 g/mol. The number of fused-ring (bicyclic) bond motifs is 1. The molecule has 5 heterocycles. The molecule has 3 saturated heterocycles. The molecule has 1 amide bonds. The van der Waals surface area contributed by atoms with Crippen molar-refractivity contribution in [3.05, 3.63) is 45.2 Å². The number of carbonyl (C=O) groups is 1. The molecule has 2 aromatic rings. The fraction of sp³-hybridized carbons (Fsp3) is 0.500. The summed E-state index contributed by atoms with van der Waals surface area (Å²) in [5, 5.41) is 0. The summed E-state index contributed by atoms with van der Waals surface area (Å²) in [7, 11) is 0. The van der Waals surface area contributed by atoms with Gasteiger partial charge >= 0.3 is 0 Å². The van der Waals surface area contributed by atoms with Crippen molar-refractivity contribution in [2.45, 2.75) is 39.2 Å². The maximum atomic E-state index is 13.6. The zero-order valence-corrected chi connectivity index (χ0v) is 20.5. The minimum absolute atomic E-state index is 0.0201. The van der Waals surface area contributed by atoms with E-state index in [4.69, 9.17) is 21.9 Å². The number of anilines is 1. The van der Waals surface area contributed by atoms with Crippen molar-refractivity contribution in [3.8, 4) is 0 Å². The van der Waals surface area contributed by atoms with Crippen LogP contribution in [0.15, 0.2) is 34.1 Å². The molecule has 0 saturated carbocycles. The van der Waals surface area contributed by atoms with Crippen LogP contribution in [0.2, 0.25) is 0 Å². The Bertz CT molecular complexity index is 1180. The van der Waals surface area contributed by atoms with Gasteiger partial charge in [-0.25, -0.2) is 4.98 Å². The number of thiocarbonyl (C=S) groups is 1. The van der Waals surface area contributed by atoms with Crippen LogP contribution in [0.5, 0.6) is 0 Å². The van der Waals surface area contributed by atoms with Crippen molar-refractivity contribution >= 4 is 51.7 Å². The highest BCUT2D eigenvalue weighted by molar-refractivity contribution is 8.26. The molecular weight excluding hydrogens is 456 g/mol. The lowest BCUT2D eigenvalue weighted by molar-refractivity contribution is -0.123. The molecule has 0 spiro atoms. The van der Waals surface area contributed by atoms with E-state index in [1.807, 2.05) is 18.2 Å². The number of amides is 1. The molecule has 3 aliphatic heterocycles. The first-order valence-electron chi connectivity index (χ1n) is 11.5. The summed E-state index contributed by atoms with van der Waals surface area (Å²) in [6.45, 7) is 7.32. The zero-order chi connectivity index (χ0) is 23.1. The SMILES string of the molecule is C[C@@H]1C[C@@H](C)CN(c2nc3ccccn3c(=O)c2/C=C2/SC(=S)N(C[C@@H]3CCCO3)C2=O)C1. The number of rotatable bonds is 4. The quantitative estimate of drug-likeness (QED) is 0.486. The lowest BCUT2D eigenvalue weighted by Crippen LogP contribution is -2.40. The first-order valence-corrected chi connectivity index (χ1v) is 12.8. The van der Waals surface area contributed by atoms with E-state index in [2.05, 4.69) is 18.7 Å². The van der Waals surface area contributed by atoms with E-state index >= 15 is 0 Å². The van der Waals surface area contributed by atoms with Gasteiger partial charge < -0.3 is 9.64 Å². The molecule has 9 heteroatoms. The molecule has 0 radical (unpaired) electrons. The molecule has 33 heavy (non-hydrogen) atoms. The Balaban J connectivity index is 1.56. The normalized spacial score (nSPS) is 27.3. The molecule has 0 unspecified atom stereocenters. The molecule has 3 fully saturated rings. The third-order valence-electron chi connectivity index (χ3n) is 6.48. The number of ether oxygens (including phenoxy) is 1. The molecule has 174 valence electrons. The van der Waals surface area contributed by atoms with Crippen LogP contribution in [0.1, 0.15) is 38.7 Å².